The zero-order valence-corrected chi connectivity index (χ0v) is 12.2. The third kappa shape index (κ3) is 2.78. The minimum atomic E-state index is -0.227. The minimum absolute atomic E-state index is 0.156. The number of rotatable bonds is 4. The zero-order valence-electron chi connectivity index (χ0n) is 11.4. The van der Waals surface area contributed by atoms with Crippen LogP contribution in [-0.2, 0) is 7.05 Å². The highest BCUT2D eigenvalue weighted by molar-refractivity contribution is 7.11. The third-order valence-corrected chi connectivity index (χ3v) is 3.69. The van der Waals surface area contributed by atoms with Crippen molar-refractivity contribution in [1.29, 1.82) is 0 Å². The first-order valence-corrected chi connectivity index (χ1v) is 6.71. The monoisotopic (exact) mass is 277 g/mol. The molecule has 2 aromatic rings. The Kier molecular flexibility index (Phi) is 3.61. The van der Waals surface area contributed by atoms with Crippen LogP contribution in [0.3, 0.4) is 0 Å². The van der Waals surface area contributed by atoms with E-state index < -0.39 is 0 Å². The molecule has 2 rings (SSSR count). The second kappa shape index (κ2) is 5.05. The van der Waals surface area contributed by atoms with Crippen molar-refractivity contribution in [1.82, 2.24) is 14.8 Å². The van der Waals surface area contributed by atoms with E-state index in [1.54, 1.807) is 24.9 Å². The summed E-state index contributed by atoms with van der Waals surface area (Å²) < 4.78 is 1.57. The molecule has 0 atom stereocenters. The summed E-state index contributed by atoms with van der Waals surface area (Å²) >= 11 is 1.47. The number of carbonyl (C=O) groups is 2. The van der Waals surface area contributed by atoms with Gasteiger partial charge in [-0.2, -0.15) is 5.10 Å². The van der Waals surface area contributed by atoms with Crippen LogP contribution in [0.2, 0.25) is 0 Å². The molecule has 0 amide bonds. The summed E-state index contributed by atoms with van der Waals surface area (Å²) in [5, 5.41) is 4.94. The third-order valence-electron chi connectivity index (χ3n) is 2.80. The number of aryl methyl sites for hydroxylation is 4. The van der Waals surface area contributed by atoms with Crippen molar-refractivity contribution >= 4 is 22.9 Å². The van der Waals surface area contributed by atoms with Gasteiger partial charge in [0.2, 0.25) is 0 Å². The molecule has 0 spiro atoms. The topological polar surface area (TPSA) is 64.8 Å². The Morgan fingerprint density at radius 2 is 1.95 bits per heavy atom. The van der Waals surface area contributed by atoms with E-state index in [4.69, 9.17) is 0 Å². The van der Waals surface area contributed by atoms with Crippen LogP contribution in [0.15, 0.2) is 6.20 Å². The molecule has 2 heterocycles. The van der Waals surface area contributed by atoms with Crippen molar-refractivity contribution in [2.75, 3.05) is 0 Å². The molecule has 0 N–H and O–H groups in total. The van der Waals surface area contributed by atoms with E-state index in [9.17, 15) is 9.59 Å². The van der Waals surface area contributed by atoms with Crippen LogP contribution in [0.25, 0.3) is 0 Å². The number of carbonyl (C=O) groups excluding carboxylic acids is 2. The number of Topliss-reactive ketones (excluding diaryl/α,β-unsaturated/α-hetero) is 2. The van der Waals surface area contributed by atoms with E-state index in [2.05, 4.69) is 10.1 Å². The highest BCUT2D eigenvalue weighted by Gasteiger charge is 2.20. The molecule has 0 aliphatic carbocycles. The van der Waals surface area contributed by atoms with Crippen molar-refractivity contribution < 1.29 is 9.59 Å². The Bertz CT molecular complexity index is 599. The molecule has 0 aliphatic rings. The average molecular weight is 277 g/mol. The Morgan fingerprint density at radius 1 is 1.26 bits per heavy atom. The fourth-order valence-corrected chi connectivity index (χ4v) is 2.82. The van der Waals surface area contributed by atoms with E-state index >= 15 is 0 Å². The van der Waals surface area contributed by atoms with Crippen molar-refractivity contribution in [3.8, 4) is 0 Å². The second-order valence-corrected chi connectivity index (χ2v) is 5.87. The van der Waals surface area contributed by atoms with Gasteiger partial charge in [-0.3, -0.25) is 14.3 Å². The van der Waals surface area contributed by atoms with Gasteiger partial charge in [0, 0.05) is 18.1 Å². The number of nitrogens with zero attached hydrogens (tertiary/aromatic N) is 3. The van der Waals surface area contributed by atoms with E-state index in [0.29, 0.717) is 17.0 Å². The molecule has 2 aromatic heterocycles. The lowest BCUT2D eigenvalue weighted by atomic mass is 10.1. The van der Waals surface area contributed by atoms with Crippen LogP contribution < -0.4 is 0 Å². The van der Waals surface area contributed by atoms with Gasteiger partial charge in [-0.15, -0.1) is 11.3 Å². The minimum Gasteiger partial charge on any atom is -0.294 e. The molecule has 0 aromatic carbocycles. The Hall–Kier alpha value is -1.82. The van der Waals surface area contributed by atoms with Crippen LogP contribution in [0.5, 0.6) is 0 Å². The zero-order chi connectivity index (χ0) is 14.2. The molecule has 0 unspecified atom stereocenters. The van der Waals surface area contributed by atoms with Crippen molar-refractivity contribution in [3.05, 3.63) is 33.0 Å². The normalized spacial score (nSPS) is 10.7. The first-order chi connectivity index (χ1) is 8.88. The van der Waals surface area contributed by atoms with Gasteiger partial charge >= 0.3 is 0 Å². The lowest BCUT2D eigenvalue weighted by Crippen LogP contribution is -2.10. The van der Waals surface area contributed by atoms with E-state index in [1.165, 1.54) is 11.3 Å². The Labute approximate surface area is 115 Å². The summed E-state index contributed by atoms with van der Waals surface area (Å²) in [6.45, 7) is 5.45. The van der Waals surface area contributed by atoms with Crippen molar-refractivity contribution in [3.63, 3.8) is 0 Å². The van der Waals surface area contributed by atoms with Gasteiger partial charge in [-0.05, 0) is 20.8 Å². The van der Waals surface area contributed by atoms with E-state index in [0.717, 1.165) is 9.88 Å². The fraction of sp³-hybridized carbons (Fsp3) is 0.385. The van der Waals surface area contributed by atoms with Crippen LogP contribution in [0, 0.1) is 20.8 Å². The number of hydrogen-bond acceptors (Lipinski definition) is 5. The molecular formula is C13H15N3O2S. The highest BCUT2D eigenvalue weighted by Crippen LogP contribution is 2.19. The van der Waals surface area contributed by atoms with Crippen molar-refractivity contribution in [2.45, 2.75) is 27.2 Å². The summed E-state index contributed by atoms with van der Waals surface area (Å²) in [7, 11) is 1.75. The molecule has 0 saturated carbocycles. The number of ketones is 2. The summed E-state index contributed by atoms with van der Waals surface area (Å²) in [6, 6.07) is 0. The number of thiazole rings is 1. The molecule has 5 nitrogen and oxygen atoms in total. The van der Waals surface area contributed by atoms with Gasteiger partial charge < -0.3 is 0 Å². The maximum Gasteiger partial charge on any atom is 0.190 e. The molecule has 0 saturated heterocycles. The standard InChI is InChI=1S/C13H15N3O2S/c1-7-10(6-16(4)15-7)11(17)5-12(18)13-8(2)19-9(3)14-13/h6H,5H2,1-4H3. The highest BCUT2D eigenvalue weighted by atomic mass is 32.1. The SMILES string of the molecule is Cc1nc(C(=O)CC(=O)c2cn(C)nc2C)c(C)s1. The first kappa shape index (κ1) is 13.6. The van der Waals surface area contributed by atoms with Gasteiger partial charge in [0.05, 0.1) is 22.7 Å². The summed E-state index contributed by atoms with van der Waals surface area (Å²) in [5.41, 5.74) is 1.56. The Morgan fingerprint density at radius 3 is 2.42 bits per heavy atom. The molecule has 19 heavy (non-hydrogen) atoms. The van der Waals surface area contributed by atoms with E-state index in [-0.39, 0.29) is 18.0 Å². The van der Waals surface area contributed by atoms with Crippen LogP contribution in [-0.4, -0.2) is 26.3 Å². The Balaban J connectivity index is 2.18. The molecule has 0 radical (unpaired) electrons. The van der Waals surface area contributed by atoms with Crippen molar-refractivity contribution in [2.24, 2.45) is 7.05 Å². The molecule has 100 valence electrons. The maximum absolute atomic E-state index is 12.1. The molecule has 0 fully saturated rings. The van der Waals surface area contributed by atoms with Gasteiger partial charge in [0.25, 0.3) is 0 Å². The largest absolute Gasteiger partial charge is 0.294 e. The average Bonchev–Trinajstić information content (AvgIpc) is 2.81. The van der Waals surface area contributed by atoms with Gasteiger partial charge in [-0.25, -0.2) is 4.98 Å². The molecule has 0 aliphatic heterocycles. The second-order valence-electron chi connectivity index (χ2n) is 4.46. The summed E-state index contributed by atoms with van der Waals surface area (Å²) in [6.07, 6.45) is 1.49. The van der Waals surface area contributed by atoms with Gasteiger partial charge in [0.15, 0.2) is 11.6 Å². The number of aromatic nitrogens is 3. The fourth-order valence-electron chi connectivity index (χ4n) is 1.99. The summed E-state index contributed by atoms with van der Waals surface area (Å²) in [5.74, 6) is -0.434. The smallest absolute Gasteiger partial charge is 0.190 e. The van der Waals surface area contributed by atoms with Gasteiger partial charge in [-0.1, -0.05) is 0 Å². The lowest BCUT2D eigenvalue weighted by Gasteiger charge is -1.98. The van der Waals surface area contributed by atoms with E-state index in [1.807, 2.05) is 13.8 Å². The van der Waals surface area contributed by atoms with Crippen LogP contribution in [0.1, 0.15) is 42.8 Å². The molecule has 6 heteroatoms. The van der Waals surface area contributed by atoms with Crippen LogP contribution >= 0.6 is 11.3 Å². The van der Waals surface area contributed by atoms with Gasteiger partial charge in [0.1, 0.15) is 5.69 Å². The predicted molar refractivity (Wildman–Crippen MR) is 72.8 cm³/mol. The predicted octanol–water partition coefficient (Wildman–Crippen LogP) is 2.26. The first-order valence-electron chi connectivity index (χ1n) is 5.89. The summed E-state index contributed by atoms with van der Waals surface area (Å²) in [4.78, 5) is 29.2. The molecular weight excluding hydrogens is 262 g/mol. The quantitative estimate of drug-likeness (QED) is 0.635. The maximum atomic E-state index is 12.1. The van der Waals surface area contributed by atoms with Crippen LogP contribution in [0.4, 0.5) is 0 Å². The molecule has 0 bridgehead atoms. The number of hydrogen-bond donors (Lipinski definition) is 0. The lowest BCUT2D eigenvalue weighted by molar-refractivity contribution is 0.0891.